The maximum absolute atomic E-state index is 12.9. The number of ether oxygens (including phenoxy) is 1. The van der Waals surface area contributed by atoms with Crippen LogP contribution in [-0.2, 0) is 14.3 Å². The van der Waals surface area contributed by atoms with E-state index in [1.165, 1.54) is 6.42 Å². The highest BCUT2D eigenvalue weighted by Crippen LogP contribution is 2.38. The third-order valence-corrected chi connectivity index (χ3v) is 5.65. The van der Waals surface area contributed by atoms with Gasteiger partial charge in [0.25, 0.3) is 0 Å². The van der Waals surface area contributed by atoms with E-state index in [0.717, 1.165) is 18.4 Å². The van der Waals surface area contributed by atoms with Gasteiger partial charge in [0.2, 0.25) is 5.91 Å². The fraction of sp³-hybridized carbons (Fsp3) is 0.636. The lowest BCUT2D eigenvalue weighted by Gasteiger charge is -2.36. The van der Waals surface area contributed by atoms with E-state index in [4.69, 9.17) is 10.5 Å². The fourth-order valence-corrected chi connectivity index (χ4v) is 3.96. The van der Waals surface area contributed by atoms with Crippen LogP contribution in [-0.4, -0.2) is 24.5 Å². The van der Waals surface area contributed by atoms with Gasteiger partial charge in [0.15, 0.2) is 0 Å². The zero-order valence-electron chi connectivity index (χ0n) is 17.0. The quantitative estimate of drug-likeness (QED) is 0.716. The van der Waals surface area contributed by atoms with E-state index in [1.54, 1.807) is 6.92 Å². The molecule has 0 aromatic heterocycles. The Morgan fingerprint density at radius 3 is 2.44 bits per heavy atom. The standard InChI is InChI=1S/C22H34N2O3/c1-14(2)18-11-10-15(3)12-19(18)22(26)27-13-20(24-21(25)16(4)23)17-8-6-5-7-9-17/h5-9,14-16,18-20H,10-13,23H2,1-4H3,(H,24,25)/t15-,16-,18+,19-,20-/m1/s1. The van der Waals surface area contributed by atoms with Crippen LogP contribution in [0.5, 0.6) is 0 Å². The van der Waals surface area contributed by atoms with Crippen molar-refractivity contribution in [2.24, 2.45) is 29.4 Å². The monoisotopic (exact) mass is 374 g/mol. The molecule has 5 atom stereocenters. The summed E-state index contributed by atoms with van der Waals surface area (Å²) in [5, 5.41) is 2.89. The van der Waals surface area contributed by atoms with Crippen molar-refractivity contribution in [1.29, 1.82) is 0 Å². The minimum Gasteiger partial charge on any atom is -0.463 e. The molecule has 1 fully saturated rings. The molecule has 0 saturated heterocycles. The van der Waals surface area contributed by atoms with Gasteiger partial charge in [0, 0.05) is 0 Å². The molecule has 0 aliphatic heterocycles. The van der Waals surface area contributed by atoms with Gasteiger partial charge in [-0.25, -0.2) is 0 Å². The van der Waals surface area contributed by atoms with Gasteiger partial charge in [0.05, 0.1) is 18.0 Å². The van der Waals surface area contributed by atoms with Gasteiger partial charge in [0.1, 0.15) is 6.61 Å². The number of hydrogen-bond donors (Lipinski definition) is 2. The van der Waals surface area contributed by atoms with Crippen LogP contribution in [0.1, 0.15) is 58.6 Å². The Hall–Kier alpha value is -1.88. The van der Waals surface area contributed by atoms with Crippen LogP contribution in [0.25, 0.3) is 0 Å². The van der Waals surface area contributed by atoms with Crippen LogP contribution in [0, 0.1) is 23.7 Å². The fourth-order valence-electron chi connectivity index (χ4n) is 3.96. The summed E-state index contributed by atoms with van der Waals surface area (Å²) in [6, 6.07) is 8.54. The largest absolute Gasteiger partial charge is 0.463 e. The highest BCUT2D eigenvalue weighted by Gasteiger charge is 2.36. The van der Waals surface area contributed by atoms with Crippen LogP contribution in [0.2, 0.25) is 0 Å². The third-order valence-electron chi connectivity index (χ3n) is 5.65. The minimum atomic E-state index is -0.614. The SMILES string of the molecule is CC(C)[C@@H]1CC[C@@H](C)C[C@H]1C(=O)OC[C@@H](NC(=O)[C@@H](C)N)c1ccccc1. The number of benzene rings is 1. The Balaban J connectivity index is 2.06. The molecule has 150 valence electrons. The molecular formula is C22H34N2O3. The van der Waals surface area contributed by atoms with Crippen molar-refractivity contribution in [1.82, 2.24) is 5.32 Å². The maximum atomic E-state index is 12.9. The first-order valence-corrected chi connectivity index (χ1v) is 10.1. The van der Waals surface area contributed by atoms with Crippen molar-refractivity contribution in [3.8, 4) is 0 Å². The summed E-state index contributed by atoms with van der Waals surface area (Å²) in [4.78, 5) is 24.9. The summed E-state index contributed by atoms with van der Waals surface area (Å²) < 4.78 is 5.71. The normalized spacial score (nSPS) is 24.9. The molecule has 27 heavy (non-hydrogen) atoms. The first-order valence-electron chi connectivity index (χ1n) is 10.1. The van der Waals surface area contributed by atoms with Gasteiger partial charge in [-0.2, -0.15) is 0 Å². The minimum absolute atomic E-state index is 0.0608. The molecule has 1 aromatic carbocycles. The van der Waals surface area contributed by atoms with Gasteiger partial charge in [-0.1, -0.05) is 57.5 Å². The van der Waals surface area contributed by atoms with E-state index in [9.17, 15) is 9.59 Å². The molecule has 1 saturated carbocycles. The van der Waals surface area contributed by atoms with E-state index in [1.807, 2.05) is 30.3 Å². The number of hydrogen-bond acceptors (Lipinski definition) is 4. The van der Waals surface area contributed by atoms with Crippen molar-refractivity contribution < 1.29 is 14.3 Å². The highest BCUT2D eigenvalue weighted by molar-refractivity contribution is 5.81. The molecule has 5 heteroatoms. The lowest BCUT2D eigenvalue weighted by atomic mass is 9.70. The van der Waals surface area contributed by atoms with E-state index in [0.29, 0.717) is 17.8 Å². The van der Waals surface area contributed by atoms with Crippen LogP contribution in [0.3, 0.4) is 0 Å². The first kappa shape index (κ1) is 21.4. The summed E-state index contributed by atoms with van der Waals surface area (Å²) >= 11 is 0. The van der Waals surface area contributed by atoms with Crippen molar-refractivity contribution >= 4 is 11.9 Å². The number of esters is 1. The van der Waals surface area contributed by atoms with Crippen LogP contribution < -0.4 is 11.1 Å². The molecule has 0 radical (unpaired) electrons. The van der Waals surface area contributed by atoms with E-state index >= 15 is 0 Å². The second kappa shape index (κ2) is 9.88. The number of nitrogens with one attached hydrogen (secondary N) is 1. The molecule has 0 heterocycles. The number of nitrogens with two attached hydrogens (primary N) is 1. The summed E-state index contributed by atoms with van der Waals surface area (Å²) in [7, 11) is 0. The summed E-state index contributed by atoms with van der Waals surface area (Å²) in [6.07, 6.45) is 3.12. The van der Waals surface area contributed by atoms with Gasteiger partial charge >= 0.3 is 5.97 Å². The third kappa shape index (κ3) is 6.06. The molecule has 0 unspecified atom stereocenters. The van der Waals surface area contributed by atoms with Crippen molar-refractivity contribution in [3.05, 3.63) is 35.9 Å². The van der Waals surface area contributed by atoms with Crippen LogP contribution in [0.15, 0.2) is 30.3 Å². The molecule has 1 amide bonds. The molecular weight excluding hydrogens is 340 g/mol. The molecule has 0 spiro atoms. The predicted octanol–water partition coefficient (Wildman–Crippen LogP) is 3.44. The molecule has 2 rings (SSSR count). The van der Waals surface area contributed by atoms with E-state index in [-0.39, 0.29) is 24.4 Å². The molecule has 3 N–H and O–H groups in total. The molecule has 1 aromatic rings. The first-order chi connectivity index (χ1) is 12.8. The molecule has 1 aliphatic carbocycles. The number of rotatable bonds is 7. The lowest BCUT2D eigenvalue weighted by molar-refractivity contribution is -0.154. The van der Waals surface area contributed by atoms with E-state index < -0.39 is 12.1 Å². The van der Waals surface area contributed by atoms with Crippen molar-refractivity contribution in [3.63, 3.8) is 0 Å². The van der Waals surface area contributed by atoms with Crippen LogP contribution >= 0.6 is 0 Å². The van der Waals surface area contributed by atoms with Gasteiger partial charge in [-0.15, -0.1) is 0 Å². The second-order valence-electron chi connectivity index (χ2n) is 8.32. The number of carbonyl (C=O) groups is 2. The summed E-state index contributed by atoms with van der Waals surface area (Å²) in [6.45, 7) is 8.32. The Morgan fingerprint density at radius 2 is 1.85 bits per heavy atom. The molecule has 0 bridgehead atoms. The van der Waals surface area contributed by atoms with Gasteiger partial charge in [-0.3, -0.25) is 9.59 Å². The zero-order chi connectivity index (χ0) is 20.0. The number of carbonyl (C=O) groups excluding carboxylic acids is 2. The summed E-state index contributed by atoms with van der Waals surface area (Å²) in [5.41, 5.74) is 6.58. The Bertz CT molecular complexity index is 615. The average molecular weight is 375 g/mol. The highest BCUT2D eigenvalue weighted by atomic mass is 16.5. The van der Waals surface area contributed by atoms with Crippen LogP contribution in [0.4, 0.5) is 0 Å². The molecule has 5 nitrogen and oxygen atoms in total. The van der Waals surface area contributed by atoms with E-state index in [2.05, 4.69) is 26.1 Å². The predicted molar refractivity (Wildman–Crippen MR) is 107 cm³/mol. The average Bonchev–Trinajstić information content (AvgIpc) is 2.64. The topological polar surface area (TPSA) is 81.4 Å². The lowest BCUT2D eigenvalue weighted by Crippen LogP contribution is -2.42. The zero-order valence-corrected chi connectivity index (χ0v) is 17.0. The Morgan fingerprint density at radius 1 is 1.19 bits per heavy atom. The smallest absolute Gasteiger partial charge is 0.309 e. The van der Waals surface area contributed by atoms with Crippen molar-refractivity contribution in [2.45, 2.75) is 59.0 Å². The molecule has 1 aliphatic rings. The Labute approximate surface area is 163 Å². The Kier molecular flexibility index (Phi) is 7.84. The summed E-state index contributed by atoms with van der Waals surface area (Å²) in [5.74, 6) is 0.900. The van der Waals surface area contributed by atoms with Crippen molar-refractivity contribution in [2.75, 3.05) is 6.61 Å². The maximum Gasteiger partial charge on any atom is 0.309 e. The van der Waals surface area contributed by atoms with Gasteiger partial charge in [-0.05, 0) is 43.1 Å². The van der Waals surface area contributed by atoms with Gasteiger partial charge < -0.3 is 15.8 Å². The second-order valence-corrected chi connectivity index (χ2v) is 8.32. The number of amides is 1.